The number of hydrogen-bond donors (Lipinski definition) is 1. The molecular weight excluding hydrogens is 622 g/mol. The zero-order valence-electron chi connectivity index (χ0n) is 26.3. The summed E-state index contributed by atoms with van der Waals surface area (Å²) in [6.45, 7) is 8.91. The SMILES string of the molecule is CC(C)Oc1ccc(-c2cn(COCC[Si+](C)C)c3nccc(Oc4c(F)cc(NC(=O)Oc5ccccc5)cc4F)c23)cc1C#N. The molecule has 0 aliphatic rings. The van der Waals surface area contributed by atoms with E-state index in [0.717, 1.165) is 18.2 Å². The number of amides is 1. The van der Waals surface area contributed by atoms with Crippen LogP contribution in [-0.4, -0.2) is 37.2 Å². The van der Waals surface area contributed by atoms with Gasteiger partial charge in [-0.25, -0.2) is 18.6 Å². The summed E-state index contributed by atoms with van der Waals surface area (Å²) in [6.07, 6.45) is 2.24. The van der Waals surface area contributed by atoms with Crippen LogP contribution in [0.5, 0.6) is 23.0 Å². The van der Waals surface area contributed by atoms with Gasteiger partial charge in [-0.1, -0.05) is 24.3 Å². The van der Waals surface area contributed by atoms with Gasteiger partial charge >= 0.3 is 14.9 Å². The number of nitrogens with zero attached hydrogens (tertiary/aromatic N) is 3. The van der Waals surface area contributed by atoms with Crippen LogP contribution in [0, 0.1) is 23.0 Å². The lowest BCUT2D eigenvalue weighted by Gasteiger charge is -2.13. The number of anilines is 1. The Labute approximate surface area is 272 Å². The fraction of sp³-hybridized carbons (Fsp3) is 0.229. The van der Waals surface area contributed by atoms with E-state index in [4.69, 9.17) is 18.9 Å². The second-order valence-corrected chi connectivity index (χ2v) is 14.1. The Morgan fingerprint density at radius 1 is 1.04 bits per heavy atom. The maximum atomic E-state index is 15.4. The van der Waals surface area contributed by atoms with E-state index in [2.05, 4.69) is 29.5 Å². The largest absolute Gasteiger partial charge is 0.490 e. The zero-order chi connectivity index (χ0) is 33.5. The standard InChI is InChI=1S/C35H32F2N4O5Si/c1-22(2)44-30-11-10-23(16-24(30)19-38)27-20-41(21-43-14-15-47(3)4)34-32(27)31(12-13-39-34)46-33-28(36)17-25(18-29(33)37)40-35(42)45-26-8-6-5-7-9-26/h5-13,16-18,20,22H,14-15,21H2,1-4H3/p+1. The third-order valence-corrected chi connectivity index (χ3v) is 8.08. The topological polar surface area (TPSA) is 108 Å². The van der Waals surface area contributed by atoms with Gasteiger partial charge in [0.2, 0.25) is 0 Å². The number of benzene rings is 3. The molecule has 5 aromatic rings. The Kier molecular flexibility index (Phi) is 10.5. The summed E-state index contributed by atoms with van der Waals surface area (Å²) in [5, 5.41) is 12.6. The van der Waals surface area contributed by atoms with Crippen molar-refractivity contribution in [1.82, 2.24) is 9.55 Å². The van der Waals surface area contributed by atoms with Crippen molar-refractivity contribution in [1.29, 1.82) is 5.26 Å². The van der Waals surface area contributed by atoms with Crippen molar-refractivity contribution >= 4 is 31.6 Å². The highest BCUT2D eigenvalue weighted by molar-refractivity contribution is 6.55. The molecule has 0 aliphatic heterocycles. The van der Waals surface area contributed by atoms with Crippen molar-refractivity contribution in [2.75, 3.05) is 11.9 Å². The monoisotopic (exact) mass is 655 g/mol. The van der Waals surface area contributed by atoms with Crippen LogP contribution >= 0.6 is 0 Å². The Bertz CT molecular complexity index is 1900. The molecule has 0 saturated heterocycles. The summed E-state index contributed by atoms with van der Waals surface area (Å²) in [5.74, 6) is -1.94. The molecule has 1 N–H and O–H groups in total. The third-order valence-electron chi connectivity index (χ3n) is 6.88. The van der Waals surface area contributed by atoms with Gasteiger partial charge in [-0.15, -0.1) is 0 Å². The second-order valence-electron chi connectivity index (χ2n) is 11.2. The molecule has 0 unspecified atom stereocenters. The molecule has 2 aromatic heterocycles. The number of carbonyl (C=O) groups is 1. The number of halogens is 2. The van der Waals surface area contributed by atoms with Crippen LogP contribution < -0.4 is 19.5 Å². The van der Waals surface area contributed by atoms with Gasteiger partial charge in [0, 0.05) is 30.1 Å². The highest BCUT2D eigenvalue weighted by Gasteiger charge is 2.22. The van der Waals surface area contributed by atoms with Crippen LogP contribution in [0.2, 0.25) is 19.1 Å². The Balaban J connectivity index is 1.50. The van der Waals surface area contributed by atoms with E-state index in [1.165, 1.54) is 12.3 Å². The molecule has 47 heavy (non-hydrogen) atoms. The summed E-state index contributed by atoms with van der Waals surface area (Å²) >= 11 is 0. The minimum Gasteiger partial charge on any atom is -0.490 e. The maximum absolute atomic E-state index is 15.4. The minimum absolute atomic E-state index is 0.124. The quantitative estimate of drug-likeness (QED) is 0.106. The molecule has 0 saturated carbocycles. The van der Waals surface area contributed by atoms with Crippen molar-refractivity contribution in [3.8, 4) is 40.2 Å². The molecule has 5 rings (SSSR count). The maximum Gasteiger partial charge on any atom is 0.417 e. The van der Waals surface area contributed by atoms with E-state index in [1.807, 2.05) is 20.0 Å². The number of para-hydroxylation sites is 1. The van der Waals surface area contributed by atoms with E-state index in [0.29, 0.717) is 40.1 Å². The van der Waals surface area contributed by atoms with Gasteiger partial charge in [0.05, 0.1) is 48.5 Å². The first-order valence-electron chi connectivity index (χ1n) is 14.9. The number of ether oxygens (including phenoxy) is 4. The van der Waals surface area contributed by atoms with E-state index in [9.17, 15) is 10.1 Å². The molecule has 0 atom stereocenters. The highest BCUT2D eigenvalue weighted by atomic mass is 28.3. The first-order chi connectivity index (χ1) is 22.6. The van der Waals surface area contributed by atoms with Gasteiger partial charge in [0.15, 0.2) is 17.4 Å². The summed E-state index contributed by atoms with van der Waals surface area (Å²) in [5.41, 5.74) is 1.88. The second kappa shape index (κ2) is 14.9. The van der Waals surface area contributed by atoms with Crippen LogP contribution in [0.25, 0.3) is 22.2 Å². The van der Waals surface area contributed by atoms with Crippen molar-refractivity contribution in [3.05, 3.63) is 96.3 Å². The van der Waals surface area contributed by atoms with Crippen molar-refractivity contribution in [2.24, 2.45) is 0 Å². The lowest BCUT2D eigenvalue weighted by molar-refractivity contribution is 0.0903. The number of fused-ring (bicyclic) bond motifs is 1. The smallest absolute Gasteiger partial charge is 0.417 e. The Morgan fingerprint density at radius 2 is 1.79 bits per heavy atom. The number of nitrogens with one attached hydrogen (secondary N) is 1. The predicted octanol–water partition coefficient (Wildman–Crippen LogP) is 8.77. The third kappa shape index (κ3) is 8.13. The summed E-state index contributed by atoms with van der Waals surface area (Å²) in [7, 11) is -0.475. The molecule has 240 valence electrons. The summed E-state index contributed by atoms with van der Waals surface area (Å²) in [4.78, 5) is 16.8. The molecule has 12 heteroatoms. The van der Waals surface area contributed by atoms with Crippen molar-refractivity contribution in [3.63, 3.8) is 0 Å². The first-order valence-corrected chi connectivity index (χ1v) is 17.6. The van der Waals surface area contributed by atoms with Gasteiger partial charge in [-0.2, -0.15) is 5.26 Å². The van der Waals surface area contributed by atoms with E-state index < -0.39 is 32.3 Å². The normalized spacial score (nSPS) is 10.9. The van der Waals surface area contributed by atoms with Gasteiger partial charge in [0.25, 0.3) is 0 Å². The molecule has 9 nitrogen and oxygen atoms in total. The number of aromatic nitrogens is 2. The summed E-state index contributed by atoms with van der Waals surface area (Å²) in [6, 6.07) is 20.0. The number of rotatable bonds is 12. The molecule has 0 aliphatic carbocycles. The fourth-order valence-electron chi connectivity index (χ4n) is 4.75. The average molecular weight is 656 g/mol. The molecule has 3 aromatic carbocycles. The van der Waals surface area contributed by atoms with Gasteiger partial charge in [-0.05, 0) is 49.7 Å². The average Bonchev–Trinajstić information content (AvgIpc) is 3.40. The van der Waals surface area contributed by atoms with Gasteiger partial charge in [0.1, 0.15) is 35.7 Å². The van der Waals surface area contributed by atoms with Crippen LogP contribution in [0.1, 0.15) is 19.4 Å². The molecule has 0 fully saturated rings. The number of pyridine rings is 1. The lowest BCUT2D eigenvalue weighted by Crippen LogP contribution is -2.17. The van der Waals surface area contributed by atoms with E-state index >= 15 is 8.78 Å². The van der Waals surface area contributed by atoms with Gasteiger partial charge < -0.3 is 23.5 Å². The molecule has 0 radical (unpaired) electrons. The predicted molar refractivity (Wildman–Crippen MR) is 176 cm³/mol. The number of hydrogen-bond acceptors (Lipinski definition) is 7. The van der Waals surface area contributed by atoms with Crippen LogP contribution in [0.15, 0.2) is 79.1 Å². The van der Waals surface area contributed by atoms with Crippen molar-refractivity contribution in [2.45, 2.75) is 45.8 Å². The summed E-state index contributed by atoms with van der Waals surface area (Å²) < 4.78 is 55.3. The molecular formula is C35H33F2N4O5Si+. The van der Waals surface area contributed by atoms with Crippen LogP contribution in [-0.2, 0) is 11.5 Å². The van der Waals surface area contributed by atoms with Crippen LogP contribution in [0.4, 0.5) is 19.3 Å². The first kappa shape index (κ1) is 33.1. The van der Waals surface area contributed by atoms with E-state index in [-0.39, 0.29) is 30.0 Å². The minimum atomic E-state index is -1.05. The van der Waals surface area contributed by atoms with E-state index in [1.54, 1.807) is 53.1 Å². The Hall–Kier alpha value is -5.25. The van der Waals surface area contributed by atoms with Crippen LogP contribution in [0.3, 0.4) is 0 Å². The lowest BCUT2D eigenvalue weighted by atomic mass is 10.0. The highest BCUT2D eigenvalue weighted by Crippen LogP contribution is 2.40. The molecule has 0 bridgehead atoms. The molecule has 1 amide bonds. The number of nitriles is 1. The molecule has 2 heterocycles. The molecule has 0 spiro atoms. The number of carbonyl (C=O) groups excluding carboxylic acids is 1. The van der Waals surface area contributed by atoms with Gasteiger partial charge in [-0.3, -0.25) is 5.32 Å². The zero-order valence-corrected chi connectivity index (χ0v) is 27.3. The van der Waals surface area contributed by atoms with Crippen molar-refractivity contribution < 1.29 is 32.5 Å². The fourth-order valence-corrected chi connectivity index (χ4v) is 5.30. The Morgan fingerprint density at radius 3 is 2.47 bits per heavy atom.